The Hall–Kier alpha value is -1.60. The van der Waals surface area contributed by atoms with E-state index in [1.807, 2.05) is 25.1 Å². The van der Waals surface area contributed by atoms with Crippen molar-refractivity contribution in [3.8, 4) is 5.75 Å². The quantitative estimate of drug-likeness (QED) is 0.507. The smallest absolute Gasteiger partial charge is 0.338 e. The van der Waals surface area contributed by atoms with Crippen LogP contribution in [0, 0.1) is 0 Å². The molecule has 1 aliphatic rings. The number of rotatable bonds is 7. The molecule has 7 heteroatoms. The molecule has 2 rings (SSSR count). The van der Waals surface area contributed by atoms with Crippen LogP contribution in [0.15, 0.2) is 33.9 Å². The van der Waals surface area contributed by atoms with Gasteiger partial charge < -0.3 is 20.1 Å². The Bertz CT molecular complexity index is 691. The van der Waals surface area contributed by atoms with Crippen LogP contribution in [-0.4, -0.2) is 24.3 Å². The van der Waals surface area contributed by atoms with Gasteiger partial charge in [0, 0.05) is 5.70 Å². The largest absolute Gasteiger partial charge is 0.493 e. The number of carbonyl (C=O) groups is 1. The van der Waals surface area contributed by atoms with Gasteiger partial charge in [-0.3, -0.25) is 0 Å². The summed E-state index contributed by atoms with van der Waals surface area (Å²) in [6.45, 7) is 6.71. The highest BCUT2D eigenvalue weighted by molar-refractivity contribution is 9.10. The zero-order valence-electron chi connectivity index (χ0n) is 14.6. The minimum absolute atomic E-state index is 0.325. The highest BCUT2D eigenvalue weighted by atomic mass is 79.9. The lowest BCUT2D eigenvalue weighted by Gasteiger charge is -2.31. The standard InChI is InChI=1S/C18H23BrN2O3S/c1-4-7-13-15(17(22)24-6-3)16(21-18(25)20-13)11-8-9-14(23-5-2)12(19)10-11/h8-10,16H,4-7H2,1-3H3,(H2,20,21,25)/t16-/m0/s1. The van der Waals surface area contributed by atoms with Crippen molar-refractivity contribution < 1.29 is 14.3 Å². The molecule has 0 radical (unpaired) electrons. The van der Waals surface area contributed by atoms with E-state index in [1.54, 1.807) is 6.92 Å². The molecule has 0 aliphatic carbocycles. The zero-order chi connectivity index (χ0) is 18.4. The molecule has 0 aromatic heterocycles. The Labute approximate surface area is 162 Å². The fourth-order valence-corrected chi connectivity index (χ4v) is 3.49. The SMILES string of the molecule is CCCC1=C(C(=O)OCC)[C@H](c2ccc(OCC)c(Br)c2)NC(=S)N1. The lowest BCUT2D eigenvalue weighted by atomic mass is 9.94. The molecule has 0 amide bonds. The molecule has 0 bridgehead atoms. The molecule has 0 saturated heterocycles. The van der Waals surface area contributed by atoms with Gasteiger partial charge in [-0.15, -0.1) is 0 Å². The second kappa shape index (κ2) is 9.20. The van der Waals surface area contributed by atoms with Gasteiger partial charge in [-0.05, 0) is 66.1 Å². The lowest BCUT2D eigenvalue weighted by molar-refractivity contribution is -0.139. The third-order valence-corrected chi connectivity index (χ3v) is 4.58. The number of carbonyl (C=O) groups excluding carboxylic acids is 1. The Balaban J connectivity index is 2.47. The second-order valence-electron chi connectivity index (χ2n) is 5.52. The fourth-order valence-electron chi connectivity index (χ4n) is 2.73. The maximum absolute atomic E-state index is 12.6. The van der Waals surface area contributed by atoms with Crippen LogP contribution in [0.4, 0.5) is 0 Å². The highest BCUT2D eigenvalue weighted by Gasteiger charge is 2.32. The summed E-state index contributed by atoms with van der Waals surface area (Å²) in [5, 5.41) is 6.81. The maximum Gasteiger partial charge on any atom is 0.338 e. The van der Waals surface area contributed by atoms with E-state index in [1.165, 1.54) is 0 Å². The van der Waals surface area contributed by atoms with Crippen LogP contribution in [0.1, 0.15) is 45.2 Å². The predicted molar refractivity (Wildman–Crippen MR) is 105 cm³/mol. The van der Waals surface area contributed by atoms with Gasteiger partial charge in [0.2, 0.25) is 0 Å². The molecule has 136 valence electrons. The van der Waals surface area contributed by atoms with Crippen LogP contribution in [0.2, 0.25) is 0 Å². The number of hydrogen-bond donors (Lipinski definition) is 2. The first-order chi connectivity index (χ1) is 12.0. The molecule has 0 fully saturated rings. The van der Waals surface area contributed by atoms with E-state index >= 15 is 0 Å². The summed E-state index contributed by atoms with van der Waals surface area (Å²) in [6.07, 6.45) is 1.62. The first-order valence-corrected chi connectivity index (χ1v) is 9.61. The number of halogens is 1. The molecule has 25 heavy (non-hydrogen) atoms. The Kier molecular flexibility index (Phi) is 7.25. The molecule has 1 aromatic rings. The fraction of sp³-hybridized carbons (Fsp3) is 0.444. The molecular formula is C18H23BrN2O3S. The van der Waals surface area contributed by atoms with Crippen LogP contribution in [0.25, 0.3) is 0 Å². The van der Waals surface area contributed by atoms with Gasteiger partial charge in [-0.25, -0.2) is 4.79 Å². The molecule has 0 unspecified atom stereocenters. The van der Waals surface area contributed by atoms with Crippen LogP contribution in [-0.2, 0) is 9.53 Å². The average Bonchev–Trinajstić information content (AvgIpc) is 2.56. The van der Waals surface area contributed by atoms with Crippen molar-refractivity contribution in [2.45, 2.75) is 39.7 Å². The van der Waals surface area contributed by atoms with Gasteiger partial charge in [0.1, 0.15) is 5.75 Å². The van der Waals surface area contributed by atoms with Crippen molar-refractivity contribution in [1.29, 1.82) is 0 Å². The number of thiocarbonyl (C=S) groups is 1. The maximum atomic E-state index is 12.6. The minimum Gasteiger partial charge on any atom is -0.493 e. The molecule has 1 aromatic carbocycles. The zero-order valence-corrected chi connectivity index (χ0v) is 17.1. The van der Waals surface area contributed by atoms with Crippen LogP contribution in [0.3, 0.4) is 0 Å². The monoisotopic (exact) mass is 426 g/mol. The molecule has 0 spiro atoms. The van der Waals surface area contributed by atoms with Crippen molar-refractivity contribution in [3.63, 3.8) is 0 Å². The van der Waals surface area contributed by atoms with E-state index in [9.17, 15) is 4.79 Å². The van der Waals surface area contributed by atoms with E-state index in [4.69, 9.17) is 21.7 Å². The Morgan fingerprint density at radius 1 is 1.28 bits per heavy atom. The number of nitrogens with one attached hydrogen (secondary N) is 2. The molecule has 5 nitrogen and oxygen atoms in total. The first-order valence-electron chi connectivity index (χ1n) is 8.41. The summed E-state index contributed by atoms with van der Waals surface area (Å²) in [5.74, 6) is 0.432. The van der Waals surface area contributed by atoms with E-state index in [-0.39, 0.29) is 12.0 Å². The number of benzene rings is 1. The van der Waals surface area contributed by atoms with Crippen molar-refractivity contribution in [2.24, 2.45) is 0 Å². The predicted octanol–water partition coefficient (Wildman–Crippen LogP) is 3.98. The van der Waals surface area contributed by atoms with Crippen LogP contribution in [0.5, 0.6) is 5.75 Å². The van der Waals surface area contributed by atoms with E-state index in [2.05, 4.69) is 33.5 Å². The van der Waals surface area contributed by atoms with Gasteiger partial charge in [0.15, 0.2) is 5.11 Å². The normalized spacial score (nSPS) is 17.0. The minimum atomic E-state index is -0.360. The van der Waals surface area contributed by atoms with Crippen LogP contribution >= 0.6 is 28.1 Å². The van der Waals surface area contributed by atoms with Gasteiger partial charge in [0.05, 0.1) is 29.3 Å². The van der Waals surface area contributed by atoms with E-state index < -0.39 is 0 Å². The van der Waals surface area contributed by atoms with Crippen molar-refractivity contribution in [3.05, 3.63) is 39.5 Å². The molecular weight excluding hydrogens is 404 g/mol. The average molecular weight is 427 g/mol. The second-order valence-corrected chi connectivity index (χ2v) is 6.78. The summed E-state index contributed by atoms with van der Waals surface area (Å²) in [7, 11) is 0. The summed E-state index contributed by atoms with van der Waals surface area (Å²) >= 11 is 8.86. The van der Waals surface area contributed by atoms with Crippen molar-refractivity contribution in [2.75, 3.05) is 13.2 Å². The topological polar surface area (TPSA) is 59.6 Å². The molecule has 1 aliphatic heterocycles. The molecule has 0 saturated carbocycles. The van der Waals surface area contributed by atoms with Gasteiger partial charge in [-0.2, -0.15) is 0 Å². The number of esters is 1. The third kappa shape index (κ3) is 4.73. The lowest BCUT2D eigenvalue weighted by Crippen LogP contribution is -2.45. The summed E-state index contributed by atoms with van der Waals surface area (Å²) in [4.78, 5) is 12.6. The van der Waals surface area contributed by atoms with Crippen molar-refractivity contribution >= 4 is 39.2 Å². The Morgan fingerprint density at radius 3 is 2.64 bits per heavy atom. The first kappa shape index (κ1) is 19.7. The molecule has 1 heterocycles. The summed E-state index contributed by atoms with van der Waals surface area (Å²) in [5.41, 5.74) is 2.31. The van der Waals surface area contributed by atoms with Crippen molar-refractivity contribution in [1.82, 2.24) is 10.6 Å². The third-order valence-electron chi connectivity index (χ3n) is 3.74. The number of ether oxygens (including phenoxy) is 2. The highest BCUT2D eigenvalue weighted by Crippen LogP contribution is 2.34. The number of allylic oxidation sites excluding steroid dienone is 1. The summed E-state index contributed by atoms with van der Waals surface area (Å²) in [6, 6.07) is 5.41. The number of hydrogen-bond acceptors (Lipinski definition) is 4. The molecule has 2 N–H and O–H groups in total. The Morgan fingerprint density at radius 2 is 2.04 bits per heavy atom. The van der Waals surface area contributed by atoms with E-state index in [0.717, 1.165) is 34.3 Å². The van der Waals surface area contributed by atoms with Gasteiger partial charge >= 0.3 is 5.97 Å². The van der Waals surface area contributed by atoms with E-state index in [0.29, 0.717) is 23.9 Å². The van der Waals surface area contributed by atoms with Crippen LogP contribution < -0.4 is 15.4 Å². The summed E-state index contributed by atoms with van der Waals surface area (Å²) < 4.78 is 11.7. The van der Waals surface area contributed by atoms with Gasteiger partial charge in [0.25, 0.3) is 0 Å². The van der Waals surface area contributed by atoms with Gasteiger partial charge in [-0.1, -0.05) is 19.4 Å². The molecule has 1 atom stereocenters.